The standard InChI is InChI=1S/C10H13ClN2O2/c1-15-5-4-10(14)13-7-2-3-9(12)8(11)6-7/h2-3,6H,4-5,12H2,1H3,(H,13,14). The largest absolute Gasteiger partial charge is 0.398 e. The predicted octanol–water partition coefficient (Wildman–Crippen LogP) is 1.90. The van der Waals surface area contributed by atoms with Crippen LogP contribution in [-0.4, -0.2) is 19.6 Å². The summed E-state index contributed by atoms with van der Waals surface area (Å²) in [6.45, 7) is 0.397. The number of hydrogen-bond donors (Lipinski definition) is 2. The number of halogens is 1. The van der Waals surface area contributed by atoms with Crippen LogP contribution in [0.5, 0.6) is 0 Å². The lowest BCUT2D eigenvalue weighted by Crippen LogP contribution is -2.13. The van der Waals surface area contributed by atoms with Crippen molar-refractivity contribution < 1.29 is 9.53 Å². The molecule has 0 saturated heterocycles. The second-order valence-corrected chi connectivity index (χ2v) is 3.43. The Labute approximate surface area is 93.4 Å². The highest BCUT2D eigenvalue weighted by Crippen LogP contribution is 2.22. The Kier molecular flexibility index (Phi) is 4.39. The third-order valence-corrected chi connectivity index (χ3v) is 2.14. The van der Waals surface area contributed by atoms with Crippen molar-refractivity contribution in [3.05, 3.63) is 23.2 Å². The van der Waals surface area contributed by atoms with Crippen LogP contribution in [0.15, 0.2) is 18.2 Å². The number of carbonyl (C=O) groups is 1. The maximum atomic E-state index is 11.3. The van der Waals surface area contributed by atoms with E-state index in [1.54, 1.807) is 25.3 Å². The van der Waals surface area contributed by atoms with Crippen molar-refractivity contribution in [1.29, 1.82) is 0 Å². The van der Waals surface area contributed by atoms with E-state index in [1.807, 2.05) is 0 Å². The zero-order valence-corrected chi connectivity index (χ0v) is 9.17. The van der Waals surface area contributed by atoms with E-state index in [1.165, 1.54) is 0 Å². The third kappa shape index (κ3) is 3.77. The van der Waals surface area contributed by atoms with E-state index in [4.69, 9.17) is 22.1 Å². The van der Waals surface area contributed by atoms with Crippen LogP contribution in [0.4, 0.5) is 11.4 Å². The molecule has 0 bridgehead atoms. The van der Waals surface area contributed by atoms with Crippen molar-refractivity contribution in [3.63, 3.8) is 0 Å². The van der Waals surface area contributed by atoms with E-state index >= 15 is 0 Å². The molecule has 0 aliphatic carbocycles. The van der Waals surface area contributed by atoms with Crippen LogP contribution >= 0.6 is 11.6 Å². The van der Waals surface area contributed by atoms with Crippen molar-refractivity contribution >= 4 is 28.9 Å². The second-order valence-electron chi connectivity index (χ2n) is 3.03. The molecule has 82 valence electrons. The van der Waals surface area contributed by atoms with Crippen LogP contribution in [0.25, 0.3) is 0 Å². The molecule has 0 heterocycles. The summed E-state index contributed by atoms with van der Waals surface area (Å²) in [6.07, 6.45) is 0.318. The lowest BCUT2D eigenvalue weighted by Gasteiger charge is -2.06. The first-order chi connectivity index (χ1) is 7.13. The number of nitrogens with two attached hydrogens (primary N) is 1. The highest BCUT2D eigenvalue weighted by atomic mass is 35.5. The van der Waals surface area contributed by atoms with E-state index in [0.29, 0.717) is 29.4 Å². The second kappa shape index (κ2) is 5.58. The molecule has 0 radical (unpaired) electrons. The van der Waals surface area contributed by atoms with Crippen molar-refractivity contribution in [3.8, 4) is 0 Å². The first-order valence-electron chi connectivity index (χ1n) is 4.47. The third-order valence-electron chi connectivity index (χ3n) is 1.82. The average molecular weight is 229 g/mol. The summed E-state index contributed by atoms with van der Waals surface area (Å²) in [7, 11) is 1.55. The van der Waals surface area contributed by atoms with Crippen molar-refractivity contribution in [1.82, 2.24) is 0 Å². The first-order valence-corrected chi connectivity index (χ1v) is 4.85. The van der Waals surface area contributed by atoms with E-state index in [0.717, 1.165) is 0 Å². The number of rotatable bonds is 4. The zero-order valence-electron chi connectivity index (χ0n) is 8.42. The topological polar surface area (TPSA) is 64.3 Å². The van der Waals surface area contributed by atoms with Gasteiger partial charge in [0.05, 0.1) is 23.7 Å². The molecule has 3 N–H and O–H groups in total. The molecular weight excluding hydrogens is 216 g/mol. The summed E-state index contributed by atoms with van der Waals surface area (Å²) >= 11 is 5.80. The van der Waals surface area contributed by atoms with Gasteiger partial charge in [0.15, 0.2) is 0 Å². The number of nitrogen functional groups attached to an aromatic ring is 1. The van der Waals surface area contributed by atoms with Gasteiger partial charge < -0.3 is 15.8 Å². The van der Waals surface area contributed by atoms with Gasteiger partial charge in [-0.3, -0.25) is 4.79 Å². The summed E-state index contributed by atoms with van der Waals surface area (Å²) in [5.74, 6) is -0.113. The van der Waals surface area contributed by atoms with Gasteiger partial charge in [-0.05, 0) is 18.2 Å². The van der Waals surface area contributed by atoms with Gasteiger partial charge in [-0.1, -0.05) is 11.6 Å². The number of anilines is 2. The molecule has 1 aromatic rings. The highest BCUT2D eigenvalue weighted by Gasteiger charge is 2.03. The number of benzene rings is 1. The van der Waals surface area contributed by atoms with E-state index in [-0.39, 0.29) is 5.91 Å². The van der Waals surface area contributed by atoms with Crippen molar-refractivity contribution in [2.45, 2.75) is 6.42 Å². The van der Waals surface area contributed by atoms with Gasteiger partial charge in [0, 0.05) is 12.8 Å². The summed E-state index contributed by atoms with van der Waals surface area (Å²) < 4.78 is 4.79. The van der Waals surface area contributed by atoms with Crippen LogP contribution in [0.2, 0.25) is 5.02 Å². The normalized spacial score (nSPS) is 10.0. The zero-order chi connectivity index (χ0) is 11.3. The minimum Gasteiger partial charge on any atom is -0.398 e. The Hall–Kier alpha value is -1.26. The lowest BCUT2D eigenvalue weighted by atomic mass is 10.2. The van der Waals surface area contributed by atoms with Crippen LogP contribution in [0.1, 0.15) is 6.42 Å². The highest BCUT2D eigenvalue weighted by molar-refractivity contribution is 6.33. The number of ether oxygens (including phenoxy) is 1. The van der Waals surface area contributed by atoms with Gasteiger partial charge in [0.1, 0.15) is 0 Å². The Morgan fingerprint density at radius 1 is 1.60 bits per heavy atom. The monoisotopic (exact) mass is 228 g/mol. The van der Waals surface area contributed by atoms with Gasteiger partial charge >= 0.3 is 0 Å². The number of carbonyl (C=O) groups excluding carboxylic acids is 1. The molecule has 4 nitrogen and oxygen atoms in total. The number of nitrogens with one attached hydrogen (secondary N) is 1. The summed E-state index contributed by atoms with van der Waals surface area (Å²) in [5, 5.41) is 3.12. The Morgan fingerprint density at radius 3 is 2.93 bits per heavy atom. The molecule has 15 heavy (non-hydrogen) atoms. The van der Waals surface area contributed by atoms with Crippen molar-refractivity contribution in [2.24, 2.45) is 0 Å². The molecule has 0 spiro atoms. The predicted molar refractivity (Wildman–Crippen MR) is 61.0 cm³/mol. The Balaban J connectivity index is 2.57. The minimum absolute atomic E-state index is 0.113. The van der Waals surface area contributed by atoms with Crippen LogP contribution < -0.4 is 11.1 Å². The van der Waals surface area contributed by atoms with Gasteiger partial charge in [0.2, 0.25) is 5.91 Å². The van der Waals surface area contributed by atoms with Crippen molar-refractivity contribution in [2.75, 3.05) is 24.8 Å². The summed E-state index contributed by atoms with van der Waals surface area (Å²) in [4.78, 5) is 11.3. The molecule has 0 saturated carbocycles. The molecule has 1 aromatic carbocycles. The average Bonchev–Trinajstić information content (AvgIpc) is 2.20. The molecule has 1 rings (SSSR count). The fraction of sp³-hybridized carbons (Fsp3) is 0.300. The van der Waals surface area contributed by atoms with E-state index in [2.05, 4.69) is 5.32 Å². The molecule has 0 aromatic heterocycles. The first kappa shape index (κ1) is 11.8. The van der Waals surface area contributed by atoms with Gasteiger partial charge in [-0.25, -0.2) is 0 Å². The summed E-state index contributed by atoms with van der Waals surface area (Å²) in [5.41, 5.74) is 6.66. The maximum absolute atomic E-state index is 11.3. The quantitative estimate of drug-likeness (QED) is 0.774. The number of methoxy groups -OCH3 is 1. The molecule has 0 atom stereocenters. The fourth-order valence-corrected chi connectivity index (χ4v) is 1.20. The molecule has 0 aliphatic heterocycles. The molecular formula is C10H13ClN2O2. The Bertz CT molecular complexity index is 355. The van der Waals surface area contributed by atoms with E-state index in [9.17, 15) is 4.79 Å². The van der Waals surface area contributed by atoms with Crippen LogP contribution in [0.3, 0.4) is 0 Å². The van der Waals surface area contributed by atoms with Crippen LogP contribution in [0, 0.1) is 0 Å². The van der Waals surface area contributed by atoms with Gasteiger partial charge in [-0.2, -0.15) is 0 Å². The lowest BCUT2D eigenvalue weighted by molar-refractivity contribution is -0.117. The SMILES string of the molecule is COCCC(=O)Nc1ccc(N)c(Cl)c1. The molecule has 0 aliphatic rings. The van der Waals surface area contributed by atoms with Crippen LogP contribution in [-0.2, 0) is 9.53 Å². The fourth-order valence-electron chi connectivity index (χ4n) is 1.02. The smallest absolute Gasteiger partial charge is 0.226 e. The maximum Gasteiger partial charge on any atom is 0.226 e. The summed E-state index contributed by atoms with van der Waals surface area (Å²) in [6, 6.07) is 4.96. The molecule has 5 heteroatoms. The minimum atomic E-state index is -0.113. The van der Waals surface area contributed by atoms with Gasteiger partial charge in [0.25, 0.3) is 0 Å². The number of amides is 1. The van der Waals surface area contributed by atoms with Gasteiger partial charge in [-0.15, -0.1) is 0 Å². The molecule has 1 amide bonds. The molecule has 0 fully saturated rings. The Morgan fingerprint density at radius 2 is 2.33 bits per heavy atom. The molecule has 0 unspecified atom stereocenters. The van der Waals surface area contributed by atoms with E-state index < -0.39 is 0 Å². The number of hydrogen-bond acceptors (Lipinski definition) is 3.